The van der Waals surface area contributed by atoms with E-state index in [0.29, 0.717) is 15.8 Å². The third-order valence-electron chi connectivity index (χ3n) is 3.70. The van der Waals surface area contributed by atoms with Gasteiger partial charge in [-0.3, -0.25) is 4.79 Å². The number of piperidine rings is 1. The van der Waals surface area contributed by atoms with Crippen molar-refractivity contribution in [1.29, 1.82) is 0 Å². The lowest BCUT2D eigenvalue weighted by atomic mass is 10.0. The van der Waals surface area contributed by atoms with Gasteiger partial charge in [-0.25, -0.2) is 0 Å². The van der Waals surface area contributed by atoms with Gasteiger partial charge in [0.25, 0.3) is 5.91 Å². The van der Waals surface area contributed by atoms with E-state index in [0.717, 1.165) is 23.8 Å². The molecule has 1 atom stereocenters. The van der Waals surface area contributed by atoms with Crippen molar-refractivity contribution < 1.29 is 4.79 Å². The molecule has 110 valence electrons. The van der Waals surface area contributed by atoms with Crippen LogP contribution in [0.2, 0.25) is 5.02 Å². The minimum atomic E-state index is -0.136. The highest BCUT2D eigenvalue weighted by Crippen LogP contribution is 2.32. The van der Waals surface area contributed by atoms with Crippen LogP contribution in [0.4, 0.5) is 0 Å². The van der Waals surface area contributed by atoms with Gasteiger partial charge in [0, 0.05) is 18.1 Å². The van der Waals surface area contributed by atoms with Crippen LogP contribution in [0.15, 0.2) is 34.2 Å². The zero-order valence-corrected chi connectivity index (χ0v) is 13.5. The Balaban J connectivity index is 1.73. The summed E-state index contributed by atoms with van der Waals surface area (Å²) in [5.74, 6) is 0.532. The summed E-state index contributed by atoms with van der Waals surface area (Å²) in [7, 11) is 0. The summed E-state index contributed by atoms with van der Waals surface area (Å²) in [4.78, 5) is 19.2. The lowest BCUT2D eigenvalue weighted by Gasteiger charge is -2.31. The summed E-state index contributed by atoms with van der Waals surface area (Å²) >= 11 is 7.35. The Kier molecular flexibility index (Phi) is 4.36. The van der Waals surface area contributed by atoms with Gasteiger partial charge in [-0.2, -0.15) is 4.99 Å². The summed E-state index contributed by atoms with van der Waals surface area (Å²) < 4.78 is 0. The van der Waals surface area contributed by atoms with E-state index in [1.54, 1.807) is 0 Å². The van der Waals surface area contributed by atoms with Crippen molar-refractivity contribution >= 4 is 40.5 Å². The van der Waals surface area contributed by atoms with E-state index in [1.165, 1.54) is 24.6 Å². The molecule has 0 unspecified atom stereocenters. The number of likely N-dealkylation sites (tertiary alicyclic amines) is 1. The zero-order chi connectivity index (χ0) is 14.8. The smallest absolute Gasteiger partial charge is 0.286 e. The van der Waals surface area contributed by atoms with Crippen LogP contribution in [0.3, 0.4) is 0 Å². The number of amidine groups is 1. The summed E-state index contributed by atoms with van der Waals surface area (Å²) in [5.41, 5.74) is 0.971. The Morgan fingerprint density at radius 3 is 2.86 bits per heavy atom. The first-order valence-corrected chi connectivity index (χ1v) is 8.34. The van der Waals surface area contributed by atoms with Crippen LogP contribution < -0.4 is 0 Å². The van der Waals surface area contributed by atoms with E-state index in [2.05, 4.69) is 16.8 Å². The van der Waals surface area contributed by atoms with Gasteiger partial charge in [-0.15, -0.1) is 0 Å². The fourth-order valence-electron chi connectivity index (χ4n) is 2.61. The van der Waals surface area contributed by atoms with E-state index < -0.39 is 0 Å². The van der Waals surface area contributed by atoms with Crippen LogP contribution in [0, 0.1) is 5.92 Å². The normalized spacial score (nSPS) is 24.6. The average molecular weight is 321 g/mol. The molecule has 0 aliphatic carbocycles. The maximum atomic E-state index is 12.1. The van der Waals surface area contributed by atoms with Crippen molar-refractivity contribution in [3.63, 3.8) is 0 Å². The number of rotatable bonds is 1. The topological polar surface area (TPSA) is 32.7 Å². The van der Waals surface area contributed by atoms with Gasteiger partial charge in [0.1, 0.15) is 0 Å². The first-order valence-electron chi connectivity index (χ1n) is 7.15. The van der Waals surface area contributed by atoms with E-state index in [-0.39, 0.29) is 5.91 Å². The molecular weight excluding hydrogens is 304 g/mol. The summed E-state index contributed by atoms with van der Waals surface area (Å²) in [6.45, 7) is 4.24. The van der Waals surface area contributed by atoms with Crippen LogP contribution in [-0.2, 0) is 4.79 Å². The predicted molar refractivity (Wildman–Crippen MR) is 89.4 cm³/mol. The molecule has 2 aliphatic heterocycles. The molecule has 2 heterocycles. The number of nitrogens with zero attached hydrogens (tertiary/aromatic N) is 2. The highest BCUT2D eigenvalue weighted by molar-refractivity contribution is 8.18. The van der Waals surface area contributed by atoms with Crippen molar-refractivity contribution in [2.75, 3.05) is 13.1 Å². The van der Waals surface area contributed by atoms with Crippen LogP contribution in [0.25, 0.3) is 6.08 Å². The monoisotopic (exact) mass is 320 g/mol. The number of aliphatic imine (C=N–C) groups is 1. The number of halogens is 1. The first-order chi connectivity index (χ1) is 10.1. The SMILES string of the molecule is C[C@@H]1CCCN(C2=NC(=O)/C(=C/c3ccc(Cl)cc3)S2)C1. The molecule has 0 bridgehead atoms. The minimum absolute atomic E-state index is 0.136. The van der Waals surface area contributed by atoms with Crippen molar-refractivity contribution in [2.24, 2.45) is 10.9 Å². The molecule has 0 saturated carbocycles. The highest BCUT2D eigenvalue weighted by Gasteiger charge is 2.28. The Bertz CT molecular complexity index is 609. The number of hydrogen-bond donors (Lipinski definition) is 0. The van der Waals surface area contributed by atoms with Crippen LogP contribution >= 0.6 is 23.4 Å². The number of amides is 1. The van der Waals surface area contributed by atoms with Gasteiger partial charge in [0.15, 0.2) is 5.17 Å². The van der Waals surface area contributed by atoms with Crippen molar-refractivity contribution in [3.05, 3.63) is 39.8 Å². The van der Waals surface area contributed by atoms with Crippen LogP contribution in [0.5, 0.6) is 0 Å². The van der Waals surface area contributed by atoms with Gasteiger partial charge in [0.2, 0.25) is 0 Å². The van der Waals surface area contributed by atoms with Crippen molar-refractivity contribution in [3.8, 4) is 0 Å². The fraction of sp³-hybridized carbons (Fsp3) is 0.375. The lowest BCUT2D eigenvalue weighted by Crippen LogP contribution is -2.37. The van der Waals surface area contributed by atoms with Crippen molar-refractivity contribution in [2.45, 2.75) is 19.8 Å². The average Bonchev–Trinajstić information content (AvgIpc) is 2.83. The molecule has 1 saturated heterocycles. The molecule has 1 fully saturated rings. The number of carbonyl (C=O) groups excluding carboxylic acids is 1. The number of hydrogen-bond acceptors (Lipinski definition) is 3. The molecule has 3 rings (SSSR count). The lowest BCUT2D eigenvalue weighted by molar-refractivity contribution is -0.113. The summed E-state index contributed by atoms with van der Waals surface area (Å²) in [6, 6.07) is 7.46. The van der Waals surface area contributed by atoms with Gasteiger partial charge in [0.05, 0.1) is 4.91 Å². The fourth-order valence-corrected chi connectivity index (χ4v) is 3.68. The van der Waals surface area contributed by atoms with Crippen molar-refractivity contribution in [1.82, 2.24) is 4.90 Å². The molecule has 3 nitrogen and oxygen atoms in total. The molecule has 1 aromatic carbocycles. The van der Waals surface area contributed by atoms with Crippen LogP contribution in [0.1, 0.15) is 25.3 Å². The molecule has 0 spiro atoms. The van der Waals surface area contributed by atoms with Gasteiger partial charge >= 0.3 is 0 Å². The van der Waals surface area contributed by atoms with Gasteiger partial charge in [-0.1, -0.05) is 30.7 Å². The predicted octanol–water partition coefficient (Wildman–Crippen LogP) is 4.04. The molecule has 2 aliphatic rings. The zero-order valence-electron chi connectivity index (χ0n) is 11.9. The molecule has 21 heavy (non-hydrogen) atoms. The molecule has 0 radical (unpaired) electrons. The van der Waals surface area contributed by atoms with E-state index in [1.807, 2.05) is 30.3 Å². The largest absolute Gasteiger partial charge is 0.351 e. The number of thioether (sulfide) groups is 1. The molecular formula is C16H17ClN2OS. The quantitative estimate of drug-likeness (QED) is 0.732. The Morgan fingerprint density at radius 1 is 1.38 bits per heavy atom. The minimum Gasteiger partial charge on any atom is -0.351 e. The maximum absolute atomic E-state index is 12.1. The number of benzene rings is 1. The van der Waals surface area contributed by atoms with E-state index in [9.17, 15) is 4.79 Å². The Labute approximate surface area is 134 Å². The molecule has 1 aromatic rings. The second kappa shape index (κ2) is 6.24. The molecule has 0 N–H and O–H groups in total. The molecule has 0 aromatic heterocycles. The summed E-state index contributed by atoms with van der Waals surface area (Å²) in [5, 5.41) is 1.55. The van der Waals surface area contributed by atoms with Gasteiger partial charge < -0.3 is 4.90 Å². The van der Waals surface area contributed by atoms with Gasteiger partial charge in [-0.05, 0) is 54.3 Å². The second-order valence-electron chi connectivity index (χ2n) is 5.56. The third kappa shape index (κ3) is 3.50. The summed E-state index contributed by atoms with van der Waals surface area (Å²) in [6.07, 6.45) is 4.31. The highest BCUT2D eigenvalue weighted by atomic mass is 35.5. The van der Waals surface area contributed by atoms with Crippen LogP contribution in [-0.4, -0.2) is 29.1 Å². The second-order valence-corrected chi connectivity index (χ2v) is 7.00. The Hall–Kier alpha value is -1.26. The maximum Gasteiger partial charge on any atom is 0.286 e. The number of carbonyl (C=O) groups is 1. The van der Waals surface area contributed by atoms with E-state index in [4.69, 9.17) is 11.6 Å². The first kappa shape index (κ1) is 14.7. The van der Waals surface area contributed by atoms with E-state index >= 15 is 0 Å². The standard InChI is InChI=1S/C16H17ClN2OS/c1-11-3-2-8-19(10-11)16-18-15(20)14(21-16)9-12-4-6-13(17)7-5-12/h4-7,9,11H,2-3,8,10H2,1H3/b14-9-/t11-/m1/s1. The molecule has 1 amide bonds. The molecule has 5 heteroatoms. The third-order valence-corrected chi connectivity index (χ3v) is 5.00. The Morgan fingerprint density at radius 2 is 2.14 bits per heavy atom.